The van der Waals surface area contributed by atoms with Crippen LogP contribution in [-0.2, 0) is 6.54 Å². The molecule has 0 spiro atoms. The molecule has 132 valence electrons. The third kappa shape index (κ3) is 3.60. The molecule has 26 heavy (non-hydrogen) atoms. The zero-order chi connectivity index (χ0) is 17.8. The summed E-state index contributed by atoms with van der Waals surface area (Å²) in [7, 11) is 0. The highest BCUT2D eigenvalue weighted by Crippen LogP contribution is 2.32. The van der Waals surface area contributed by atoms with Gasteiger partial charge in [0, 0.05) is 24.1 Å². The number of hydrogen-bond donors (Lipinski definition) is 2. The average Bonchev–Trinajstić information content (AvgIpc) is 3.21. The second kappa shape index (κ2) is 7.40. The second-order valence-corrected chi connectivity index (χ2v) is 6.44. The van der Waals surface area contributed by atoms with Crippen molar-refractivity contribution in [3.05, 3.63) is 53.8 Å². The summed E-state index contributed by atoms with van der Waals surface area (Å²) in [5, 5.41) is 7.58. The van der Waals surface area contributed by atoms with E-state index in [2.05, 4.69) is 20.6 Å². The van der Waals surface area contributed by atoms with Crippen LogP contribution in [0.1, 0.15) is 5.69 Å². The Morgan fingerprint density at radius 1 is 1.12 bits per heavy atom. The molecule has 0 bridgehead atoms. The van der Waals surface area contributed by atoms with E-state index in [0.29, 0.717) is 36.1 Å². The lowest BCUT2D eigenvalue weighted by molar-refractivity contribution is 0.171. The van der Waals surface area contributed by atoms with Gasteiger partial charge in [-0.1, -0.05) is 6.07 Å². The highest BCUT2D eigenvalue weighted by Gasteiger charge is 2.13. The normalized spacial score (nSPS) is 12.5. The molecule has 0 fully saturated rings. The molecule has 2 N–H and O–H groups in total. The van der Waals surface area contributed by atoms with Crippen LogP contribution in [0, 0.1) is 0 Å². The Hall–Kier alpha value is -3.13. The number of anilines is 1. The maximum absolute atomic E-state index is 12.2. The fraction of sp³-hybridized carbons (Fsp3) is 0.167. The maximum atomic E-state index is 12.2. The van der Waals surface area contributed by atoms with E-state index in [0.717, 1.165) is 10.6 Å². The summed E-state index contributed by atoms with van der Waals surface area (Å²) in [4.78, 5) is 21.9. The van der Waals surface area contributed by atoms with E-state index in [1.165, 1.54) is 0 Å². The van der Waals surface area contributed by atoms with Crippen LogP contribution >= 0.6 is 11.3 Å². The molecule has 0 radical (unpaired) electrons. The van der Waals surface area contributed by atoms with Crippen LogP contribution < -0.4 is 20.1 Å². The van der Waals surface area contributed by atoms with Crippen molar-refractivity contribution in [1.82, 2.24) is 15.3 Å². The zero-order valence-electron chi connectivity index (χ0n) is 13.8. The predicted molar refractivity (Wildman–Crippen MR) is 98.6 cm³/mol. The number of carbonyl (C=O) groups is 1. The van der Waals surface area contributed by atoms with Crippen LogP contribution in [0.2, 0.25) is 0 Å². The summed E-state index contributed by atoms with van der Waals surface area (Å²) >= 11 is 1.58. The highest BCUT2D eigenvalue weighted by molar-refractivity contribution is 7.13. The molecule has 3 aromatic rings. The topological polar surface area (TPSA) is 85.4 Å². The smallest absolute Gasteiger partial charge is 0.319 e. The first-order valence-corrected chi connectivity index (χ1v) is 8.96. The number of thiophene rings is 1. The maximum Gasteiger partial charge on any atom is 0.319 e. The summed E-state index contributed by atoms with van der Waals surface area (Å²) in [5.74, 6) is 1.31. The Morgan fingerprint density at radius 3 is 2.81 bits per heavy atom. The third-order valence-corrected chi connectivity index (χ3v) is 4.62. The minimum absolute atomic E-state index is 0.275. The van der Waals surface area contributed by atoms with Crippen LogP contribution in [0.4, 0.5) is 10.5 Å². The van der Waals surface area contributed by atoms with Gasteiger partial charge in [-0.15, -0.1) is 11.3 Å². The van der Waals surface area contributed by atoms with Crippen molar-refractivity contribution in [3.8, 4) is 22.1 Å². The molecular formula is C18H16N4O3S. The number of benzene rings is 1. The van der Waals surface area contributed by atoms with Crippen molar-refractivity contribution in [2.75, 3.05) is 18.5 Å². The van der Waals surface area contributed by atoms with Crippen molar-refractivity contribution >= 4 is 23.1 Å². The van der Waals surface area contributed by atoms with Gasteiger partial charge in [-0.3, -0.25) is 9.97 Å². The number of hydrogen-bond acceptors (Lipinski definition) is 6. The number of rotatable bonds is 4. The average molecular weight is 368 g/mol. The molecule has 2 aromatic heterocycles. The minimum atomic E-state index is -0.329. The summed E-state index contributed by atoms with van der Waals surface area (Å²) in [6.07, 6.45) is 3.26. The van der Waals surface area contributed by atoms with Crippen LogP contribution in [0.5, 0.6) is 11.5 Å². The summed E-state index contributed by atoms with van der Waals surface area (Å²) < 4.78 is 11.0. The molecule has 4 rings (SSSR count). The lowest BCUT2D eigenvalue weighted by Gasteiger charge is -2.19. The van der Waals surface area contributed by atoms with Crippen LogP contribution in [-0.4, -0.2) is 29.2 Å². The number of aromatic nitrogens is 2. The number of nitrogens with one attached hydrogen (secondary N) is 2. The largest absolute Gasteiger partial charge is 0.486 e. The number of carbonyl (C=O) groups excluding carboxylic acids is 1. The van der Waals surface area contributed by atoms with Crippen molar-refractivity contribution in [3.63, 3.8) is 0 Å². The summed E-state index contributed by atoms with van der Waals surface area (Å²) in [5.41, 5.74) is 2.12. The van der Waals surface area contributed by atoms with Crippen molar-refractivity contribution in [2.45, 2.75) is 6.54 Å². The second-order valence-electron chi connectivity index (χ2n) is 5.50. The first-order chi connectivity index (χ1) is 12.8. The van der Waals surface area contributed by atoms with Crippen LogP contribution in [0.25, 0.3) is 10.6 Å². The lowest BCUT2D eigenvalue weighted by Crippen LogP contribution is -2.29. The molecule has 3 heterocycles. The first kappa shape index (κ1) is 16.3. The molecular weight excluding hydrogens is 352 g/mol. The number of ether oxygens (including phenoxy) is 2. The van der Waals surface area contributed by atoms with Crippen LogP contribution in [0.15, 0.2) is 48.1 Å². The molecule has 0 saturated carbocycles. The van der Waals surface area contributed by atoms with E-state index in [-0.39, 0.29) is 12.6 Å². The molecule has 0 unspecified atom stereocenters. The van der Waals surface area contributed by atoms with Crippen molar-refractivity contribution < 1.29 is 14.3 Å². The molecule has 7 nitrogen and oxygen atoms in total. The van der Waals surface area contributed by atoms with Crippen LogP contribution in [0.3, 0.4) is 0 Å². The predicted octanol–water partition coefficient (Wildman–Crippen LogP) is 3.30. The quantitative estimate of drug-likeness (QED) is 0.738. The van der Waals surface area contributed by atoms with E-state index < -0.39 is 0 Å². The zero-order valence-corrected chi connectivity index (χ0v) is 14.6. The Morgan fingerprint density at radius 2 is 1.96 bits per heavy atom. The van der Waals surface area contributed by atoms with E-state index in [1.54, 1.807) is 41.9 Å². The van der Waals surface area contributed by atoms with Crippen molar-refractivity contribution in [2.24, 2.45) is 0 Å². The van der Waals surface area contributed by atoms with Gasteiger partial charge >= 0.3 is 6.03 Å². The summed E-state index contributed by atoms with van der Waals surface area (Å²) in [6.45, 7) is 1.31. The van der Waals surface area contributed by atoms with E-state index in [4.69, 9.17) is 9.47 Å². The number of fused-ring (bicyclic) bond motifs is 1. The SMILES string of the molecule is O=C(NCc1nccnc1-c1cccs1)Nc1ccc2c(c1)OCCO2. The van der Waals surface area contributed by atoms with Gasteiger partial charge < -0.3 is 20.1 Å². The molecule has 1 aliphatic rings. The third-order valence-electron chi connectivity index (χ3n) is 3.75. The van der Waals surface area contributed by atoms with Gasteiger partial charge in [-0.05, 0) is 23.6 Å². The van der Waals surface area contributed by atoms with Gasteiger partial charge in [0.15, 0.2) is 11.5 Å². The Labute approximate surface area is 154 Å². The molecule has 1 aromatic carbocycles. The Bertz CT molecular complexity index is 915. The molecule has 0 atom stereocenters. The fourth-order valence-corrected chi connectivity index (χ4v) is 3.32. The summed E-state index contributed by atoms with van der Waals surface area (Å²) in [6, 6.07) is 8.90. The molecule has 8 heteroatoms. The molecule has 2 amide bonds. The molecule has 0 aliphatic carbocycles. The number of nitrogens with zero attached hydrogens (tertiary/aromatic N) is 2. The number of urea groups is 1. The molecule has 0 saturated heterocycles. The van der Waals surface area contributed by atoms with E-state index >= 15 is 0 Å². The van der Waals surface area contributed by atoms with Gasteiger partial charge in [0.1, 0.15) is 18.9 Å². The van der Waals surface area contributed by atoms with E-state index in [9.17, 15) is 4.79 Å². The lowest BCUT2D eigenvalue weighted by atomic mass is 10.2. The monoisotopic (exact) mass is 368 g/mol. The van der Waals surface area contributed by atoms with E-state index in [1.807, 2.05) is 17.5 Å². The first-order valence-electron chi connectivity index (χ1n) is 8.08. The van der Waals surface area contributed by atoms with Gasteiger partial charge in [0.05, 0.1) is 17.1 Å². The minimum Gasteiger partial charge on any atom is -0.486 e. The Kier molecular flexibility index (Phi) is 4.65. The standard InChI is InChI=1S/C18H16N4O3S/c23-18(22-12-3-4-14-15(10-12)25-8-7-24-14)21-11-13-17(20-6-5-19-13)16-2-1-9-26-16/h1-6,9-10H,7-8,11H2,(H2,21,22,23). The van der Waals surface area contributed by atoms with Gasteiger partial charge in [0.2, 0.25) is 0 Å². The van der Waals surface area contributed by atoms with Gasteiger partial charge in [-0.2, -0.15) is 0 Å². The Balaban J connectivity index is 1.41. The van der Waals surface area contributed by atoms with Gasteiger partial charge in [0.25, 0.3) is 0 Å². The fourth-order valence-electron chi connectivity index (χ4n) is 2.58. The highest BCUT2D eigenvalue weighted by atomic mass is 32.1. The number of amides is 2. The molecule has 1 aliphatic heterocycles. The van der Waals surface area contributed by atoms with Gasteiger partial charge in [-0.25, -0.2) is 4.79 Å². The van der Waals surface area contributed by atoms with Crippen molar-refractivity contribution in [1.29, 1.82) is 0 Å².